The molecule has 2 nitrogen and oxygen atoms in total. The fourth-order valence-electron chi connectivity index (χ4n) is 0.864. The van der Waals surface area contributed by atoms with E-state index < -0.39 is 5.82 Å². The maximum Gasteiger partial charge on any atom is 0.125 e. The normalized spacial score (nSPS) is 9.50. The molecular formula is C8H5FINO. The molecule has 1 rings (SSSR count). The zero-order chi connectivity index (χ0) is 9.14. The van der Waals surface area contributed by atoms with Crippen LogP contribution in [0.15, 0.2) is 12.1 Å². The Hall–Kier alpha value is -0.670. The van der Waals surface area contributed by atoms with E-state index in [0.29, 0.717) is 9.13 Å². The average molecular weight is 277 g/mol. The number of nitriles is 1. The van der Waals surface area contributed by atoms with E-state index >= 15 is 0 Å². The second kappa shape index (κ2) is 3.83. The summed E-state index contributed by atoms with van der Waals surface area (Å²) in [5.74, 6) is -0.451. The van der Waals surface area contributed by atoms with Crippen molar-refractivity contribution in [3.63, 3.8) is 0 Å². The fraction of sp³-hybridized carbons (Fsp3) is 0.125. The number of hydrogen-bond donors (Lipinski definition) is 1. The molecule has 0 aliphatic rings. The van der Waals surface area contributed by atoms with Gasteiger partial charge in [-0.3, -0.25) is 0 Å². The van der Waals surface area contributed by atoms with Crippen molar-refractivity contribution in [2.75, 3.05) is 0 Å². The van der Waals surface area contributed by atoms with E-state index in [1.54, 1.807) is 0 Å². The van der Waals surface area contributed by atoms with E-state index in [1.807, 2.05) is 28.7 Å². The number of nitrogens with zero attached hydrogens (tertiary/aromatic N) is 1. The van der Waals surface area contributed by atoms with Crippen molar-refractivity contribution in [1.29, 1.82) is 5.26 Å². The van der Waals surface area contributed by atoms with Crippen LogP contribution in [0.1, 0.15) is 11.1 Å². The number of halogens is 2. The minimum absolute atomic E-state index is 0.196. The zero-order valence-corrected chi connectivity index (χ0v) is 8.17. The van der Waals surface area contributed by atoms with Crippen LogP contribution in [0.2, 0.25) is 0 Å². The number of hydrogen-bond acceptors (Lipinski definition) is 2. The molecule has 0 bridgehead atoms. The highest BCUT2D eigenvalue weighted by atomic mass is 127. The molecule has 0 aromatic heterocycles. The van der Waals surface area contributed by atoms with Gasteiger partial charge < -0.3 is 5.11 Å². The summed E-state index contributed by atoms with van der Waals surface area (Å²) in [5.41, 5.74) is 0.682. The Kier molecular flexibility index (Phi) is 3.00. The lowest BCUT2D eigenvalue weighted by molar-refractivity contribution is 0.280. The summed E-state index contributed by atoms with van der Waals surface area (Å²) in [6, 6.07) is 4.23. The first-order valence-electron chi connectivity index (χ1n) is 3.18. The third kappa shape index (κ3) is 1.73. The van der Waals surface area contributed by atoms with Crippen LogP contribution in [0.5, 0.6) is 0 Å². The van der Waals surface area contributed by atoms with Gasteiger partial charge in [-0.05, 0) is 34.7 Å². The van der Waals surface area contributed by atoms with Crippen LogP contribution in [0.4, 0.5) is 4.39 Å². The predicted octanol–water partition coefficient (Wildman–Crippen LogP) is 1.79. The molecule has 0 spiro atoms. The highest BCUT2D eigenvalue weighted by Gasteiger charge is 2.07. The molecule has 0 heterocycles. The van der Waals surface area contributed by atoms with Crippen molar-refractivity contribution >= 4 is 22.6 Å². The summed E-state index contributed by atoms with van der Waals surface area (Å²) in [7, 11) is 0. The molecule has 0 atom stereocenters. The molecule has 0 unspecified atom stereocenters. The van der Waals surface area contributed by atoms with E-state index in [4.69, 9.17) is 10.4 Å². The van der Waals surface area contributed by atoms with Gasteiger partial charge in [0.05, 0.1) is 18.2 Å². The highest BCUT2D eigenvalue weighted by Crippen LogP contribution is 2.18. The lowest BCUT2D eigenvalue weighted by atomic mass is 10.1. The van der Waals surface area contributed by atoms with E-state index in [1.165, 1.54) is 6.07 Å². The SMILES string of the molecule is N#Cc1cc(F)cc(I)c1CO. The molecule has 1 aromatic rings. The minimum Gasteiger partial charge on any atom is -0.392 e. The summed E-state index contributed by atoms with van der Waals surface area (Å²) in [5, 5.41) is 17.4. The van der Waals surface area contributed by atoms with Crippen LogP contribution in [0.3, 0.4) is 0 Å². The number of rotatable bonds is 1. The van der Waals surface area contributed by atoms with Gasteiger partial charge in [0.25, 0.3) is 0 Å². The van der Waals surface area contributed by atoms with Crippen molar-refractivity contribution in [2.45, 2.75) is 6.61 Å². The lowest BCUT2D eigenvalue weighted by Crippen LogP contribution is -1.95. The Bertz CT molecular complexity index is 346. The van der Waals surface area contributed by atoms with E-state index in [-0.39, 0.29) is 12.2 Å². The van der Waals surface area contributed by atoms with Crippen LogP contribution >= 0.6 is 22.6 Å². The third-order valence-corrected chi connectivity index (χ3v) is 2.40. The van der Waals surface area contributed by atoms with Crippen molar-refractivity contribution in [3.8, 4) is 6.07 Å². The third-order valence-electron chi connectivity index (χ3n) is 1.44. The van der Waals surface area contributed by atoms with Gasteiger partial charge in [0.1, 0.15) is 5.82 Å². The Labute approximate surface area is 82.8 Å². The van der Waals surface area contributed by atoms with Crippen LogP contribution in [-0.4, -0.2) is 5.11 Å². The molecule has 12 heavy (non-hydrogen) atoms. The zero-order valence-electron chi connectivity index (χ0n) is 6.01. The number of aliphatic hydroxyl groups is 1. The van der Waals surface area contributed by atoms with Crippen LogP contribution < -0.4 is 0 Å². The van der Waals surface area contributed by atoms with E-state index in [2.05, 4.69) is 0 Å². The van der Waals surface area contributed by atoms with Gasteiger partial charge in [-0.15, -0.1) is 0 Å². The predicted molar refractivity (Wildman–Crippen MR) is 49.8 cm³/mol. The van der Waals surface area contributed by atoms with Gasteiger partial charge in [0, 0.05) is 9.13 Å². The largest absolute Gasteiger partial charge is 0.392 e. The first-order chi connectivity index (χ1) is 5.69. The fourth-order valence-corrected chi connectivity index (χ4v) is 1.62. The molecule has 62 valence electrons. The Morgan fingerprint density at radius 1 is 1.58 bits per heavy atom. The molecule has 1 aromatic carbocycles. The molecule has 0 amide bonds. The summed E-state index contributed by atoms with van der Waals surface area (Å²) in [4.78, 5) is 0. The molecule has 0 radical (unpaired) electrons. The molecule has 0 saturated carbocycles. The molecule has 0 saturated heterocycles. The number of aliphatic hydroxyl groups excluding tert-OH is 1. The van der Waals surface area contributed by atoms with E-state index in [0.717, 1.165) is 6.07 Å². The molecule has 0 aliphatic carbocycles. The maximum atomic E-state index is 12.7. The van der Waals surface area contributed by atoms with Crippen LogP contribution in [0.25, 0.3) is 0 Å². The molecule has 1 N–H and O–H groups in total. The first-order valence-corrected chi connectivity index (χ1v) is 4.25. The quantitative estimate of drug-likeness (QED) is 0.795. The average Bonchev–Trinajstić information content (AvgIpc) is 2.03. The molecular weight excluding hydrogens is 272 g/mol. The maximum absolute atomic E-state index is 12.7. The topological polar surface area (TPSA) is 44.0 Å². The molecule has 0 fully saturated rings. The van der Waals surface area contributed by atoms with Gasteiger partial charge in [0.15, 0.2) is 0 Å². The van der Waals surface area contributed by atoms with Crippen molar-refractivity contribution in [1.82, 2.24) is 0 Å². The monoisotopic (exact) mass is 277 g/mol. The smallest absolute Gasteiger partial charge is 0.125 e. The second-order valence-electron chi connectivity index (χ2n) is 2.18. The minimum atomic E-state index is -0.451. The van der Waals surface area contributed by atoms with Crippen molar-refractivity contribution in [3.05, 3.63) is 32.6 Å². The van der Waals surface area contributed by atoms with Crippen LogP contribution in [0, 0.1) is 20.7 Å². The number of benzene rings is 1. The standard InChI is InChI=1S/C8H5FINO/c9-6-1-5(3-11)7(4-12)8(10)2-6/h1-2,12H,4H2. The van der Waals surface area contributed by atoms with Gasteiger partial charge in [-0.2, -0.15) is 5.26 Å². The van der Waals surface area contributed by atoms with Crippen LogP contribution in [-0.2, 0) is 6.61 Å². The van der Waals surface area contributed by atoms with E-state index in [9.17, 15) is 4.39 Å². The lowest BCUT2D eigenvalue weighted by Gasteiger charge is -2.02. The summed E-state index contributed by atoms with van der Waals surface area (Å²) in [6.07, 6.45) is 0. The van der Waals surface area contributed by atoms with Crippen molar-refractivity contribution in [2.24, 2.45) is 0 Å². The summed E-state index contributed by atoms with van der Waals surface area (Å²) in [6.45, 7) is -0.235. The summed E-state index contributed by atoms with van der Waals surface area (Å²) >= 11 is 1.88. The molecule has 4 heteroatoms. The van der Waals surface area contributed by atoms with Crippen molar-refractivity contribution < 1.29 is 9.50 Å². The summed E-state index contributed by atoms with van der Waals surface area (Å²) < 4.78 is 13.3. The van der Waals surface area contributed by atoms with Gasteiger partial charge in [-0.1, -0.05) is 0 Å². The Balaban J connectivity index is 3.36. The van der Waals surface area contributed by atoms with Gasteiger partial charge in [-0.25, -0.2) is 4.39 Å². The second-order valence-corrected chi connectivity index (χ2v) is 3.35. The van der Waals surface area contributed by atoms with Gasteiger partial charge >= 0.3 is 0 Å². The highest BCUT2D eigenvalue weighted by molar-refractivity contribution is 14.1. The van der Waals surface area contributed by atoms with Gasteiger partial charge in [0.2, 0.25) is 0 Å². The Morgan fingerprint density at radius 2 is 2.25 bits per heavy atom. The first kappa shape index (κ1) is 9.42. The Morgan fingerprint density at radius 3 is 2.75 bits per heavy atom. The molecule has 0 aliphatic heterocycles.